The Hall–Kier alpha value is -0.610. The van der Waals surface area contributed by atoms with Crippen LogP contribution in [0.25, 0.3) is 0 Å². The van der Waals surface area contributed by atoms with Crippen LogP contribution in [0.4, 0.5) is 0 Å². The van der Waals surface area contributed by atoms with Gasteiger partial charge in [0.05, 0.1) is 0 Å². The maximum atomic E-state index is 4.21. The van der Waals surface area contributed by atoms with Crippen LogP contribution in [0.2, 0.25) is 0 Å². The minimum Gasteiger partial charge on any atom is -0.312 e. The van der Waals surface area contributed by atoms with Gasteiger partial charge >= 0.3 is 0 Å². The number of hydrogen-bond acceptors (Lipinski definition) is 4. The van der Waals surface area contributed by atoms with E-state index in [1.165, 1.54) is 11.5 Å². The van der Waals surface area contributed by atoms with Crippen molar-refractivity contribution in [3.05, 3.63) is 24.3 Å². The molecule has 0 saturated carbocycles. The summed E-state index contributed by atoms with van der Waals surface area (Å²) >= 11 is 2.02. The van der Waals surface area contributed by atoms with Crippen molar-refractivity contribution in [1.82, 2.24) is 15.3 Å². The monoisotopic (exact) mass is 195 g/mol. The molecule has 1 saturated heterocycles. The second kappa shape index (κ2) is 4.58. The fourth-order valence-corrected chi connectivity index (χ4v) is 2.39. The molecular formula is C9H13N3S. The molecule has 0 radical (unpaired) electrons. The third kappa shape index (κ3) is 2.67. The third-order valence-electron chi connectivity index (χ3n) is 2.10. The van der Waals surface area contributed by atoms with Crippen molar-refractivity contribution in [2.45, 2.75) is 12.5 Å². The second-order valence-electron chi connectivity index (χ2n) is 3.13. The quantitative estimate of drug-likeness (QED) is 0.755. The van der Waals surface area contributed by atoms with Crippen molar-refractivity contribution in [3.63, 3.8) is 0 Å². The molecule has 1 atom stereocenters. The molecule has 1 unspecified atom stereocenters. The first-order chi connectivity index (χ1) is 6.45. The maximum absolute atomic E-state index is 4.21. The fourth-order valence-electron chi connectivity index (χ4n) is 1.44. The number of nitrogens with zero attached hydrogens (tertiary/aromatic N) is 2. The molecule has 1 fully saturated rings. The Kier molecular flexibility index (Phi) is 3.16. The van der Waals surface area contributed by atoms with Crippen LogP contribution in [0.15, 0.2) is 18.6 Å². The normalized spacial score (nSPS) is 22.9. The Bertz CT molecular complexity index is 246. The summed E-state index contributed by atoms with van der Waals surface area (Å²) in [5, 5.41) is 3.49. The van der Waals surface area contributed by atoms with Gasteiger partial charge in [-0.25, -0.2) is 9.97 Å². The zero-order valence-corrected chi connectivity index (χ0v) is 8.26. The Morgan fingerprint density at radius 2 is 2.62 bits per heavy atom. The highest BCUT2D eigenvalue weighted by Crippen LogP contribution is 2.10. The lowest BCUT2D eigenvalue weighted by molar-refractivity contribution is 0.557. The van der Waals surface area contributed by atoms with E-state index < -0.39 is 0 Å². The molecule has 4 heteroatoms. The van der Waals surface area contributed by atoms with E-state index >= 15 is 0 Å². The van der Waals surface area contributed by atoms with E-state index in [0.717, 1.165) is 18.7 Å². The molecule has 1 aliphatic rings. The Morgan fingerprint density at radius 3 is 3.31 bits per heavy atom. The smallest absolute Gasteiger partial charge is 0.115 e. The molecule has 2 heterocycles. The molecule has 0 spiro atoms. The van der Waals surface area contributed by atoms with Crippen LogP contribution < -0.4 is 5.32 Å². The van der Waals surface area contributed by atoms with Crippen molar-refractivity contribution < 1.29 is 0 Å². The standard InChI is InChI=1S/C9H13N3S/c1-2-10-7-12-8(1)5-9-6-13-4-3-11-9/h1-2,7,9,11H,3-6H2. The number of thioether (sulfide) groups is 1. The Labute approximate surface area is 82.4 Å². The summed E-state index contributed by atoms with van der Waals surface area (Å²) in [6, 6.07) is 2.58. The van der Waals surface area contributed by atoms with Gasteiger partial charge in [-0.3, -0.25) is 0 Å². The highest BCUT2D eigenvalue weighted by molar-refractivity contribution is 7.99. The minimum absolute atomic E-state index is 0.591. The van der Waals surface area contributed by atoms with Crippen LogP contribution in [-0.2, 0) is 6.42 Å². The molecule has 0 aliphatic carbocycles. The van der Waals surface area contributed by atoms with Crippen molar-refractivity contribution in [2.24, 2.45) is 0 Å². The van der Waals surface area contributed by atoms with E-state index in [9.17, 15) is 0 Å². The fraction of sp³-hybridized carbons (Fsp3) is 0.556. The number of rotatable bonds is 2. The van der Waals surface area contributed by atoms with E-state index in [4.69, 9.17) is 0 Å². The molecule has 1 aromatic rings. The van der Waals surface area contributed by atoms with Gasteiger partial charge in [0.1, 0.15) is 6.33 Å². The molecule has 1 aromatic heterocycles. The first-order valence-corrected chi connectivity index (χ1v) is 5.66. The molecule has 1 N–H and O–H groups in total. The van der Waals surface area contributed by atoms with Crippen LogP contribution >= 0.6 is 11.8 Å². The van der Waals surface area contributed by atoms with E-state index in [-0.39, 0.29) is 0 Å². The molecule has 0 aromatic carbocycles. The van der Waals surface area contributed by atoms with Gasteiger partial charge in [0.2, 0.25) is 0 Å². The van der Waals surface area contributed by atoms with Crippen LogP contribution in [0.3, 0.4) is 0 Å². The lowest BCUT2D eigenvalue weighted by Crippen LogP contribution is -2.39. The van der Waals surface area contributed by atoms with E-state index in [1.807, 2.05) is 17.8 Å². The van der Waals surface area contributed by atoms with E-state index in [1.54, 1.807) is 12.5 Å². The molecule has 1 aliphatic heterocycles. The average molecular weight is 195 g/mol. The SMILES string of the molecule is c1cc(CC2CSCCN2)ncn1. The summed E-state index contributed by atoms with van der Waals surface area (Å²) in [6.07, 6.45) is 4.44. The first-order valence-electron chi connectivity index (χ1n) is 4.51. The van der Waals surface area contributed by atoms with Gasteiger partial charge in [-0.2, -0.15) is 11.8 Å². The highest BCUT2D eigenvalue weighted by Gasteiger charge is 2.13. The predicted octanol–water partition coefficient (Wildman–Crippen LogP) is 0.724. The van der Waals surface area contributed by atoms with E-state index in [2.05, 4.69) is 15.3 Å². The van der Waals surface area contributed by atoms with Crippen LogP contribution in [-0.4, -0.2) is 34.1 Å². The first kappa shape index (κ1) is 8.97. The molecule has 0 bridgehead atoms. The largest absolute Gasteiger partial charge is 0.312 e. The summed E-state index contributed by atoms with van der Waals surface area (Å²) < 4.78 is 0. The van der Waals surface area contributed by atoms with Crippen molar-refractivity contribution in [3.8, 4) is 0 Å². The molecule has 3 nitrogen and oxygen atoms in total. The summed E-state index contributed by atoms with van der Waals surface area (Å²) in [6.45, 7) is 1.13. The lowest BCUT2D eigenvalue weighted by atomic mass is 10.2. The van der Waals surface area contributed by atoms with Crippen molar-refractivity contribution in [2.75, 3.05) is 18.1 Å². The van der Waals surface area contributed by atoms with Gasteiger partial charge in [-0.05, 0) is 6.07 Å². The van der Waals surface area contributed by atoms with Gasteiger partial charge in [0.15, 0.2) is 0 Å². The third-order valence-corrected chi connectivity index (χ3v) is 3.23. The maximum Gasteiger partial charge on any atom is 0.115 e. The van der Waals surface area contributed by atoms with E-state index in [0.29, 0.717) is 6.04 Å². The second-order valence-corrected chi connectivity index (χ2v) is 4.28. The summed E-state index contributed by atoms with van der Waals surface area (Å²) in [7, 11) is 0. The van der Waals surface area contributed by atoms with Crippen molar-refractivity contribution in [1.29, 1.82) is 0 Å². The topological polar surface area (TPSA) is 37.8 Å². The Balaban J connectivity index is 1.90. The number of aromatic nitrogens is 2. The summed E-state index contributed by atoms with van der Waals surface area (Å²) in [4.78, 5) is 8.11. The zero-order chi connectivity index (χ0) is 8.93. The molecular weight excluding hydrogens is 182 g/mol. The predicted molar refractivity (Wildman–Crippen MR) is 54.9 cm³/mol. The molecule has 0 amide bonds. The van der Waals surface area contributed by atoms with Gasteiger partial charge < -0.3 is 5.32 Å². The van der Waals surface area contributed by atoms with Gasteiger partial charge in [-0.1, -0.05) is 0 Å². The molecule has 13 heavy (non-hydrogen) atoms. The van der Waals surface area contributed by atoms with Gasteiger partial charge in [-0.15, -0.1) is 0 Å². The van der Waals surface area contributed by atoms with Crippen LogP contribution in [0, 0.1) is 0 Å². The summed E-state index contributed by atoms with van der Waals surface area (Å²) in [5.74, 6) is 2.43. The minimum atomic E-state index is 0.591. The number of nitrogens with one attached hydrogen (secondary N) is 1. The van der Waals surface area contributed by atoms with Gasteiger partial charge in [0.25, 0.3) is 0 Å². The van der Waals surface area contributed by atoms with Crippen LogP contribution in [0.5, 0.6) is 0 Å². The van der Waals surface area contributed by atoms with Crippen LogP contribution in [0.1, 0.15) is 5.69 Å². The summed E-state index contributed by atoms with van der Waals surface area (Å²) in [5.41, 5.74) is 1.13. The molecule has 2 rings (SSSR count). The average Bonchev–Trinajstić information content (AvgIpc) is 2.21. The van der Waals surface area contributed by atoms with Gasteiger partial charge in [0, 0.05) is 42.4 Å². The number of hydrogen-bond donors (Lipinski definition) is 1. The zero-order valence-electron chi connectivity index (χ0n) is 7.44. The molecule has 70 valence electrons. The lowest BCUT2D eigenvalue weighted by Gasteiger charge is -2.22. The van der Waals surface area contributed by atoms with Crippen molar-refractivity contribution >= 4 is 11.8 Å². The Morgan fingerprint density at radius 1 is 1.62 bits per heavy atom. The highest BCUT2D eigenvalue weighted by atomic mass is 32.2.